The Labute approximate surface area is 128 Å². The summed E-state index contributed by atoms with van der Waals surface area (Å²) < 4.78 is 0. The van der Waals surface area contributed by atoms with Gasteiger partial charge in [-0.25, -0.2) is 0 Å². The third-order valence-electron chi connectivity index (χ3n) is 4.11. The third-order valence-corrected chi connectivity index (χ3v) is 5.22. The van der Waals surface area contributed by atoms with Crippen molar-refractivity contribution in [3.63, 3.8) is 0 Å². The summed E-state index contributed by atoms with van der Waals surface area (Å²) in [5.74, 6) is 0. The largest absolute Gasteiger partial charge is 0.313 e. The zero-order valence-corrected chi connectivity index (χ0v) is 14.2. The number of hydrogen-bond donors (Lipinski definition) is 1. The first-order valence-electron chi connectivity index (χ1n) is 7.96. The Morgan fingerprint density at radius 2 is 1.75 bits per heavy atom. The highest BCUT2D eigenvalue weighted by Gasteiger charge is 2.16. The van der Waals surface area contributed by atoms with Gasteiger partial charge in [-0.15, -0.1) is 11.8 Å². The van der Waals surface area contributed by atoms with Crippen LogP contribution in [0.4, 0.5) is 0 Å². The lowest BCUT2D eigenvalue weighted by Crippen LogP contribution is -2.31. The maximum atomic E-state index is 3.72. The molecule has 1 aromatic rings. The lowest BCUT2D eigenvalue weighted by atomic mass is 9.87. The summed E-state index contributed by atoms with van der Waals surface area (Å²) in [6.45, 7) is 10.2. The summed E-state index contributed by atoms with van der Waals surface area (Å²) in [4.78, 5) is 1.39. The molecule has 2 rings (SSSR count). The van der Waals surface area contributed by atoms with Crippen LogP contribution in [-0.2, 0) is 5.41 Å². The fourth-order valence-electron chi connectivity index (χ4n) is 2.77. The van der Waals surface area contributed by atoms with Gasteiger partial charge in [-0.3, -0.25) is 0 Å². The Kier molecular flexibility index (Phi) is 5.57. The van der Waals surface area contributed by atoms with Gasteiger partial charge in [0.25, 0.3) is 0 Å². The number of nitrogens with one attached hydrogen (secondary N) is 1. The number of rotatable bonds is 5. The van der Waals surface area contributed by atoms with Crippen LogP contribution in [0.25, 0.3) is 0 Å². The van der Waals surface area contributed by atoms with Gasteiger partial charge in [0, 0.05) is 22.7 Å². The highest BCUT2D eigenvalue weighted by atomic mass is 32.2. The van der Waals surface area contributed by atoms with Crippen LogP contribution in [0.5, 0.6) is 0 Å². The molecule has 1 saturated carbocycles. The van der Waals surface area contributed by atoms with Gasteiger partial charge in [0.05, 0.1) is 0 Å². The van der Waals surface area contributed by atoms with E-state index < -0.39 is 0 Å². The second kappa shape index (κ2) is 7.00. The van der Waals surface area contributed by atoms with Crippen LogP contribution in [0.3, 0.4) is 0 Å². The molecule has 1 aliphatic carbocycles. The first-order valence-corrected chi connectivity index (χ1v) is 8.84. The molecule has 20 heavy (non-hydrogen) atoms. The van der Waals surface area contributed by atoms with Gasteiger partial charge in [-0.05, 0) is 36.0 Å². The van der Waals surface area contributed by atoms with Crippen molar-refractivity contribution in [3.05, 3.63) is 29.8 Å². The van der Waals surface area contributed by atoms with Crippen LogP contribution in [0.1, 0.15) is 58.9 Å². The van der Waals surface area contributed by atoms with E-state index in [4.69, 9.17) is 0 Å². The second-order valence-corrected chi connectivity index (χ2v) is 8.60. The summed E-state index contributed by atoms with van der Waals surface area (Å²) >= 11 is 1.98. The molecule has 0 spiro atoms. The number of benzene rings is 1. The van der Waals surface area contributed by atoms with E-state index in [-0.39, 0.29) is 5.41 Å². The van der Waals surface area contributed by atoms with E-state index in [1.807, 2.05) is 11.8 Å². The molecule has 1 aliphatic rings. The first kappa shape index (κ1) is 15.9. The van der Waals surface area contributed by atoms with Gasteiger partial charge in [0.15, 0.2) is 0 Å². The highest BCUT2D eigenvalue weighted by molar-refractivity contribution is 8.00. The predicted octanol–water partition coefficient (Wildman–Crippen LogP) is 5.00. The van der Waals surface area contributed by atoms with Crippen molar-refractivity contribution < 1.29 is 0 Å². The topological polar surface area (TPSA) is 12.0 Å². The van der Waals surface area contributed by atoms with Crippen molar-refractivity contribution in [2.24, 2.45) is 0 Å². The van der Waals surface area contributed by atoms with E-state index in [2.05, 4.69) is 57.3 Å². The minimum Gasteiger partial charge on any atom is -0.313 e. The summed E-state index contributed by atoms with van der Waals surface area (Å²) in [7, 11) is 0. The molecule has 2 heteroatoms. The quantitative estimate of drug-likeness (QED) is 0.766. The molecule has 0 radical (unpaired) electrons. The van der Waals surface area contributed by atoms with Gasteiger partial charge in [0.1, 0.15) is 0 Å². The van der Waals surface area contributed by atoms with E-state index in [1.54, 1.807) is 0 Å². The lowest BCUT2D eigenvalue weighted by Gasteiger charge is -2.20. The Hall–Kier alpha value is -0.470. The molecule has 0 aromatic heterocycles. The second-order valence-electron chi connectivity index (χ2n) is 7.09. The van der Waals surface area contributed by atoms with Crippen LogP contribution < -0.4 is 5.32 Å². The molecule has 0 saturated heterocycles. The Morgan fingerprint density at radius 3 is 2.30 bits per heavy atom. The van der Waals surface area contributed by atoms with E-state index in [0.29, 0.717) is 5.25 Å². The van der Waals surface area contributed by atoms with Crippen LogP contribution in [0, 0.1) is 0 Å². The van der Waals surface area contributed by atoms with Crippen LogP contribution >= 0.6 is 11.8 Å². The molecule has 1 fully saturated rings. The van der Waals surface area contributed by atoms with E-state index in [9.17, 15) is 0 Å². The summed E-state index contributed by atoms with van der Waals surface area (Å²) in [6.07, 6.45) is 5.57. The molecular weight excluding hydrogens is 262 g/mol. The Bertz CT molecular complexity index is 398. The van der Waals surface area contributed by atoms with E-state index in [1.165, 1.54) is 36.1 Å². The lowest BCUT2D eigenvalue weighted by molar-refractivity contribution is 0.527. The summed E-state index contributed by atoms with van der Waals surface area (Å²) in [6, 6.07) is 9.88. The number of thioether (sulfide) groups is 1. The van der Waals surface area contributed by atoms with Gasteiger partial charge in [-0.1, -0.05) is 52.7 Å². The number of hydrogen-bond acceptors (Lipinski definition) is 2. The van der Waals surface area contributed by atoms with E-state index >= 15 is 0 Å². The normalized spacial score (nSPS) is 18.4. The van der Waals surface area contributed by atoms with Crippen molar-refractivity contribution in [1.82, 2.24) is 5.32 Å². The van der Waals surface area contributed by atoms with Gasteiger partial charge in [-0.2, -0.15) is 0 Å². The molecule has 1 unspecified atom stereocenters. The van der Waals surface area contributed by atoms with Gasteiger partial charge in [0.2, 0.25) is 0 Å². The van der Waals surface area contributed by atoms with Crippen molar-refractivity contribution in [2.45, 2.75) is 75.0 Å². The van der Waals surface area contributed by atoms with Crippen molar-refractivity contribution in [1.29, 1.82) is 0 Å². The molecule has 112 valence electrons. The predicted molar refractivity (Wildman–Crippen MR) is 90.7 cm³/mol. The Morgan fingerprint density at radius 1 is 1.15 bits per heavy atom. The van der Waals surface area contributed by atoms with Gasteiger partial charge < -0.3 is 5.32 Å². The minimum atomic E-state index is 0.249. The smallest absolute Gasteiger partial charge is 0.0191 e. The van der Waals surface area contributed by atoms with Crippen molar-refractivity contribution in [2.75, 3.05) is 6.54 Å². The zero-order chi connectivity index (χ0) is 14.6. The molecule has 1 N–H and O–H groups in total. The third kappa shape index (κ3) is 4.82. The maximum absolute atomic E-state index is 3.72. The van der Waals surface area contributed by atoms with E-state index in [0.717, 1.165) is 12.6 Å². The molecule has 1 aromatic carbocycles. The van der Waals surface area contributed by atoms with Crippen molar-refractivity contribution in [3.8, 4) is 0 Å². The molecule has 0 aliphatic heterocycles. The summed E-state index contributed by atoms with van der Waals surface area (Å²) in [5.41, 5.74) is 1.66. The van der Waals surface area contributed by atoms with Crippen LogP contribution in [-0.4, -0.2) is 17.8 Å². The standard InChI is InChI=1S/C18H29NS/c1-14(13-19-16-7-5-6-8-16)20-17-11-9-15(10-12-17)18(2,3)4/h9-12,14,16,19H,5-8,13H2,1-4H3. The average Bonchev–Trinajstić information content (AvgIpc) is 2.89. The fourth-order valence-corrected chi connectivity index (χ4v) is 3.71. The fraction of sp³-hybridized carbons (Fsp3) is 0.667. The maximum Gasteiger partial charge on any atom is 0.0191 e. The molecule has 0 bridgehead atoms. The summed E-state index contributed by atoms with van der Waals surface area (Å²) in [5, 5.41) is 4.35. The minimum absolute atomic E-state index is 0.249. The first-order chi connectivity index (χ1) is 9.45. The highest BCUT2D eigenvalue weighted by Crippen LogP contribution is 2.28. The molecule has 1 atom stereocenters. The van der Waals surface area contributed by atoms with Gasteiger partial charge >= 0.3 is 0 Å². The average molecular weight is 292 g/mol. The molecule has 1 nitrogen and oxygen atoms in total. The Balaban J connectivity index is 1.80. The monoisotopic (exact) mass is 291 g/mol. The van der Waals surface area contributed by atoms with Crippen LogP contribution in [0.15, 0.2) is 29.2 Å². The zero-order valence-electron chi connectivity index (χ0n) is 13.4. The molecular formula is C18H29NS. The molecule has 0 heterocycles. The molecule has 0 amide bonds. The van der Waals surface area contributed by atoms with Crippen LogP contribution in [0.2, 0.25) is 0 Å². The SMILES string of the molecule is CC(CNC1CCCC1)Sc1ccc(C(C)(C)C)cc1. The van der Waals surface area contributed by atoms with Crippen molar-refractivity contribution >= 4 is 11.8 Å².